The number of nitrogens with zero attached hydrogens (tertiary/aromatic N) is 2. The summed E-state index contributed by atoms with van der Waals surface area (Å²) < 4.78 is 0. The fourth-order valence-corrected chi connectivity index (χ4v) is 3.00. The second-order valence-electron chi connectivity index (χ2n) is 4.33. The SMILES string of the molecule is CN(C1=NC(=S)NC(C)(C)S1)c1ccccc1. The Morgan fingerprint density at radius 3 is 2.53 bits per heavy atom. The first-order valence-electron chi connectivity index (χ1n) is 5.36. The lowest BCUT2D eigenvalue weighted by Gasteiger charge is -2.33. The summed E-state index contributed by atoms with van der Waals surface area (Å²) in [6.07, 6.45) is 0. The molecule has 3 nitrogen and oxygen atoms in total. The van der Waals surface area contributed by atoms with Gasteiger partial charge in [0.05, 0.1) is 4.87 Å². The van der Waals surface area contributed by atoms with Crippen LogP contribution in [0.2, 0.25) is 0 Å². The summed E-state index contributed by atoms with van der Waals surface area (Å²) >= 11 is 6.83. The third kappa shape index (κ3) is 2.98. The number of rotatable bonds is 1. The van der Waals surface area contributed by atoms with Crippen molar-refractivity contribution >= 4 is 39.9 Å². The van der Waals surface area contributed by atoms with Crippen molar-refractivity contribution in [3.63, 3.8) is 0 Å². The van der Waals surface area contributed by atoms with Crippen molar-refractivity contribution in [2.75, 3.05) is 11.9 Å². The minimum Gasteiger partial charge on any atom is -0.346 e. The molecule has 2 rings (SSSR count). The minimum absolute atomic E-state index is 0.114. The van der Waals surface area contributed by atoms with Crippen molar-refractivity contribution in [3.8, 4) is 0 Å². The topological polar surface area (TPSA) is 27.6 Å². The highest BCUT2D eigenvalue weighted by atomic mass is 32.2. The van der Waals surface area contributed by atoms with Crippen molar-refractivity contribution in [3.05, 3.63) is 30.3 Å². The quantitative estimate of drug-likeness (QED) is 0.790. The van der Waals surface area contributed by atoms with Gasteiger partial charge in [-0.1, -0.05) is 30.0 Å². The monoisotopic (exact) mass is 265 g/mol. The molecule has 0 bridgehead atoms. The van der Waals surface area contributed by atoms with Crippen molar-refractivity contribution in [2.45, 2.75) is 18.7 Å². The average Bonchev–Trinajstić information content (AvgIpc) is 2.26. The largest absolute Gasteiger partial charge is 0.346 e. The highest BCUT2D eigenvalue weighted by molar-refractivity contribution is 8.15. The molecule has 0 unspecified atom stereocenters. The first-order chi connectivity index (χ1) is 7.98. The molecule has 17 heavy (non-hydrogen) atoms. The summed E-state index contributed by atoms with van der Waals surface area (Å²) in [5.41, 5.74) is 1.11. The molecule has 0 aliphatic carbocycles. The van der Waals surface area contributed by atoms with Crippen LogP contribution in [0.5, 0.6) is 0 Å². The molecule has 0 saturated heterocycles. The van der Waals surface area contributed by atoms with E-state index in [9.17, 15) is 0 Å². The van der Waals surface area contributed by atoms with Crippen molar-refractivity contribution in [1.82, 2.24) is 5.32 Å². The van der Waals surface area contributed by atoms with Crippen LogP contribution in [0.25, 0.3) is 0 Å². The fraction of sp³-hybridized carbons (Fsp3) is 0.333. The molecular weight excluding hydrogens is 250 g/mol. The number of benzene rings is 1. The van der Waals surface area contributed by atoms with Gasteiger partial charge in [0.2, 0.25) is 0 Å². The summed E-state index contributed by atoms with van der Waals surface area (Å²) in [4.78, 5) is 6.32. The molecule has 1 aromatic rings. The maximum Gasteiger partial charge on any atom is 0.196 e. The van der Waals surface area contributed by atoms with Gasteiger partial charge in [0.1, 0.15) is 0 Å². The number of thioether (sulfide) groups is 1. The lowest BCUT2D eigenvalue weighted by molar-refractivity contribution is 0.670. The van der Waals surface area contributed by atoms with Crippen LogP contribution in [0.4, 0.5) is 5.69 Å². The van der Waals surface area contributed by atoms with E-state index in [4.69, 9.17) is 12.2 Å². The Bertz CT molecular complexity index is 454. The molecule has 1 aromatic carbocycles. The Balaban J connectivity index is 2.26. The first-order valence-corrected chi connectivity index (χ1v) is 6.59. The second-order valence-corrected chi connectivity index (χ2v) is 6.31. The lowest BCUT2D eigenvalue weighted by Crippen LogP contribution is -2.46. The predicted octanol–water partition coefficient (Wildman–Crippen LogP) is 2.84. The maximum absolute atomic E-state index is 5.16. The third-order valence-corrected chi connectivity index (χ3v) is 3.74. The van der Waals surface area contributed by atoms with Gasteiger partial charge in [-0.05, 0) is 38.2 Å². The summed E-state index contributed by atoms with van der Waals surface area (Å²) in [7, 11) is 2.01. The van der Waals surface area contributed by atoms with Gasteiger partial charge in [-0.15, -0.1) is 0 Å². The van der Waals surface area contributed by atoms with E-state index in [1.54, 1.807) is 11.8 Å². The van der Waals surface area contributed by atoms with E-state index in [1.807, 2.05) is 25.2 Å². The Morgan fingerprint density at radius 1 is 1.29 bits per heavy atom. The average molecular weight is 265 g/mol. The highest BCUT2D eigenvalue weighted by Gasteiger charge is 2.28. The summed E-state index contributed by atoms with van der Waals surface area (Å²) in [6, 6.07) is 10.1. The lowest BCUT2D eigenvalue weighted by atomic mass is 10.3. The number of anilines is 1. The van der Waals surface area contributed by atoms with Gasteiger partial charge in [-0.25, -0.2) is 0 Å². The number of hydrogen-bond donors (Lipinski definition) is 1. The van der Waals surface area contributed by atoms with Crippen LogP contribution in [0, 0.1) is 0 Å². The molecule has 0 amide bonds. The second kappa shape index (κ2) is 4.66. The van der Waals surface area contributed by atoms with E-state index < -0.39 is 0 Å². The first kappa shape index (κ1) is 12.4. The van der Waals surface area contributed by atoms with Crippen LogP contribution >= 0.6 is 24.0 Å². The van der Waals surface area contributed by atoms with Crippen LogP contribution in [0.15, 0.2) is 35.3 Å². The molecular formula is C12H15N3S2. The fourth-order valence-electron chi connectivity index (χ4n) is 1.55. The van der Waals surface area contributed by atoms with Crippen LogP contribution in [-0.2, 0) is 0 Å². The summed E-state index contributed by atoms with van der Waals surface area (Å²) in [5, 5.41) is 4.64. The number of aliphatic imine (C=N–C) groups is 1. The minimum atomic E-state index is -0.114. The van der Waals surface area contributed by atoms with Gasteiger partial charge in [0.25, 0.3) is 0 Å². The van der Waals surface area contributed by atoms with Crippen molar-refractivity contribution in [2.24, 2.45) is 4.99 Å². The van der Waals surface area contributed by atoms with E-state index in [-0.39, 0.29) is 4.87 Å². The normalized spacial score (nSPS) is 18.3. The Labute approximate surface area is 111 Å². The van der Waals surface area contributed by atoms with Crippen LogP contribution in [0.1, 0.15) is 13.8 Å². The Kier molecular flexibility index (Phi) is 3.40. The predicted molar refractivity (Wildman–Crippen MR) is 79.7 cm³/mol. The molecule has 1 aliphatic rings. The van der Waals surface area contributed by atoms with Gasteiger partial charge in [0, 0.05) is 12.7 Å². The molecule has 0 saturated carbocycles. The van der Waals surface area contributed by atoms with E-state index in [0.29, 0.717) is 5.11 Å². The smallest absolute Gasteiger partial charge is 0.196 e. The van der Waals surface area contributed by atoms with Gasteiger partial charge >= 0.3 is 0 Å². The zero-order chi connectivity index (χ0) is 12.5. The highest BCUT2D eigenvalue weighted by Crippen LogP contribution is 2.29. The number of amidine groups is 1. The van der Waals surface area contributed by atoms with E-state index >= 15 is 0 Å². The zero-order valence-corrected chi connectivity index (χ0v) is 11.7. The Morgan fingerprint density at radius 2 is 1.94 bits per heavy atom. The molecule has 1 aliphatic heterocycles. The molecule has 90 valence electrons. The van der Waals surface area contributed by atoms with Gasteiger partial charge in [-0.2, -0.15) is 4.99 Å². The number of thiocarbonyl (C=S) groups is 1. The number of hydrogen-bond acceptors (Lipinski definition) is 3. The maximum atomic E-state index is 5.16. The van der Waals surface area contributed by atoms with Crippen LogP contribution < -0.4 is 10.2 Å². The molecule has 0 spiro atoms. The molecule has 0 atom stereocenters. The van der Waals surface area contributed by atoms with Crippen LogP contribution in [0.3, 0.4) is 0 Å². The zero-order valence-electron chi connectivity index (χ0n) is 10.1. The Hall–Kier alpha value is -1.07. The molecule has 0 radical (unpaired) electrons. The summed E-state index contributed by atoms with van der Waals surface area (Å²) in [5.74, 6) is 0. The number of para-hydroxylation sites is 1. The molecule has 1 heterocycles. The third-order valence-electron chi connectivity index (χ3n) is 2.38. The molecule has 1 N–H and O–H groups in total. The molecule has 0 fully saturated rings. The standard InChI is InChI=1S/C12H15N3S2/c1-12(2)14-10(16)13-11(17-12)15(3)9-7-5-4-6-8-9/h4-8H,1-3H3,(H,14,16). The van der Waals surface area contributed by atoms with E-state index in [2.05, 4.69) is 41.2 Å². The van der Waals surface area contributed by atoms with Crippen molar-refractivity contribution in [1.29, 1.82) is 0 Å². The number of nitrogens with one attached hydrogen (secondary N) is 1. The van der Waals surface area contributed by atoms with E-state index in [0.717, 1.165) is 10.9 Å². The summed E-state index contributed by atoms with van der Waals surface area (Å²) in [6.45, 7) is 4.19. The molecule has 5 heteroatoms. The van der Waals surface area contributed by atoms with Crippen molar-refractivity contribution < 1.29 is 0 Å². The van der Waals surface area contributed by atoms with Gasteiger partial charge in [0.15, 0.2) is 10.3 Å². The van der Waals surface area contributed by atoms with Gasteiger partial charge in [-0.3, -0.25) is 0 Å². The molecule has 0 aromatic heterocycles. The van der Waals surface area contributed by atoms with Gasteiger partial charge < -0.3 is 10.2 Å². The van der Waals surface area contributed by atoms with Crippen LogP contribution in [-0.4, -0.2) is 22.2 Å². The van der Waals surface area contributed by atoms with E-state index in [1.165, 1.54) is 0 Å².